The van der Waals surface area contributed by atoms with E-state index < -0.39 is 6.03 Å². The van der Waals surface area contributed by atoms with E-state index in [0.717, 1.165) is 38.8 Å². The molecule has 6 heteroatoms. The molecule has 0 atom stereocenters. The van der Waals surface area contributed by atoms with Crippen LogP contribution in [0.15, 0.2) is 84.9 Å². The molecule has 0 spiro atoms. The number of nitrogens with two attached hydrogens (primary N) is 1. The van der Waals surface area contributed by atoms with Gasteiger partial charge < -0.3 is 11.1 Å². The van der Waals surface area contributed by atoms with Crippen LogP contribution < -0.4 is 16.0 Å². The van der Waals surface area contributed by atoms with Crippen molar-refractivity contribution in [3.05, 3.63) is 102 Å². The van der Waals surface area contributed by atoms with E-state index in [1.54, 1.807) is 12.1 Å². The highest BCUT2D eigenvalue weighted by Crippen LogP contribution is 2.31. The second-order valence-corrected chi connectivity index (χ2v) is 9.37. The highest BCUT2D eigenvalue weighted by molar-refractivity contribution is 6.04. The number of nitrogens with zero attached hydrogens (tertiary/aromatic N) is 2. The molecule has 0 unspecified atom stereocenters. The molecule has 4 rings (SSSR count). The molecular weight excluding hydrogens is 448 g/mol. The number of piperidine rings is 1. The van der Waals surface area contributed by atoms with Gasteiger partial charge in [-0.3, -0.25) is 14.6 Å². The van der Waals surface area contributed by atoms with Crippen molar-refractivity contribution >= 4 is 17.6 Å². The molecule has 3 aromatic rings. The Balaban J connectivity index is 1.44. The van der Waals surface area contributed by atoms with Gasteiger partial charge in [0.25, 0.3) is 5.91 Å². The van der Waals surface area contributed by atoms with E-state index in [1.807, 2.05) is 24.3 Å². The van der Waals surface area contributed by atoms with Crippen LogP contribution in [0.25, 0.3) is 0 Å². The molecule has 1 saturated heterocycles. The molecule has 3 aromatic carbocycles. The Morgan fingerprint density at radius 3 is 2.03 bits per heavy atom. The Labute approximate surface area is 214 Å². The van der Waals surface area contributed by atoms with Gasteiger partial charge in [0.15, 0.2) is 0 Å². The van der Waals surface area contributed by atoms with Gasteiger partial charge >= 0.3 is 6.03 Å². The number of hydrogen-bond acceptors (Lipinski definition) is 3. The smallest absolute Gasteiger partial charge is 0.319 e. The zero-order valence-electron chi connectivity index (χ0n) is 21.0. The van der Waals surface area contributed by atoms with Crippen LogP contribution in [-0.4, -0.2) is 42.5 Å². The lowest BCUT2D eigenvalue weighted by Crippen LogP contribution is -2.46. The maximum absolute atomic E-state index is 13.3. The summed E-state index contributed by atoms with van der Waals surface area (Å²) in [6.45, 7) is 4.31. The predicted molar refractivity (Wildman–Crippen MR) is 145 cm³/mol. The Hall–Kier alpha value is -3.64. The molecule has 1 aliphatic heterocycles. The molecule has 0 bridgehead atoms. The number of carbonyl (C=O) groups is 2. The van der Waals surface area contributed by atoms with Gasteiger partial charge in [0.05, 0.1) is 17.3 Å². The van der Waals surface area contributed by atoms with E-state index in [1.165, 1.54) is 16.0 Å². The van der Waals surface area contributed by atoms with Crippen molar-refractivity contribution in [3.63, 3.8) is 0 Å². The number of hydrogen-bond donors (Lipinski definition) is 2. The highest BCUT2D eigenvalue weighted by atomic mass is 16.2. The van der Waals surface area contributed by atoms with E-state index in [2.05, 4.69) is 65.7 Å². The first-order chi connectivity index (χ1) is 17.6. The van der Waals surface area contributed by atoms with Gasteiger partial charge in [-0.2, -0.15) is 0 Å². The summed E-state index contributed by atoms with van der Waals surface area (Å²) in [7, 11) is 0. The van der Waals surface area contributed by atoms with Crippen molar-refractivity contribution in [2.24, 2.45) is 5.73 Å². The number of nitrogens with one attached hydrogen (secondary N) is 1. The Kier molecular flexibility index (Phi) is 8.74. The Morgan fingerprint density at radius 1 is 0.917 bits per heavy atom. The minimum absolute atomic E-state index is 0.0756. The van der Waals surface area contributed by atoms with Crippen molar-refractivity contribution in [2.45, 2.75) is 44.7 Å². The largest absolute Gasteiger partial charge is 0.351 e. The number of primary amides is 1. The lowest BCUT2D eigenvalue weighted by atomic mass is 9.94. The third-order valence-electron chi connectivity index (χ3n) is 6.90. The number of likely N-dealkylation sites (tertiary alicyclic amines) is 1. The Bertz CT molecular complexity index is 1090. The van der Waals surface area contributed by atoms with Gasteiger partial charge in [-0.15, -0.1) is 0 Å². The van der Waals surface area contributed by atoms with Crippen LogP contribution in [0.4, 0.5) is 10.5 Å². The second kappa shape index (κ2) is 12.4. The molecular formula is C30H36N4O2. The van der Waals surface area contributed by atoms with Crippen LogP contribution in [0.2, 0.25) is 0 Å². The highest BCUT2D eigenvalue weighted by Gasteiger charge is 2.29. The molecule has 188 valence electrons. The Morgan fingerprint density at radius 2 is 1.47 bits per heavy atom. The maximum Gasteiger partial charge on any atom is 0.319 e. The van der Waals surface area contributed by atoms with Gasteiger partial charge in [0, 0.05) is 25.7 Å². The molecule has 3 N–H and O–H groups in total. The molecule has 6 nitrogen and oxygen atoms in total. The number of unbranched alkanes of at least 4 members (excludes halogenated alkanes) is 1. The minimum Gasteiger partial charge on any atom is -0.351 e. The molecule has 0 aromatic heterocycles. The lowest BCUT2D eigenvalue weighted by Gasteiger charge is -2.38. The third-order valence-corrected chi connectivity index (χ3v) is 6.90. The normalized spacial score (nSPS) is 14.5. The average molecular weight is 485 g/mol. The first kappa shape index (κ1) is 25.5. The number of carbonyl (C=O) groups excluding carboxylic acids is 2. The topological polar surface area (TPSA) is 78.7 Å². The molecule has 0 saturated carbocycles. The van der Waals surface area contributed by atoms with Gasteiger partial charge in [-0.25, -0.2) is 4.79 Å². The van der Waals surface area contributed by atoms with Crippen LogP contribution in [-0.2, 0) is 0 Å². The zero-order chi connectivity index (χ0) is 25.3. The summed E-state index contributed by atoms with van der Waals surface area (Å²) < 4.78 is 0. The second-order valence-electron chi connectivity index (χ2n) is 9.37. The van der Waals surface area contributed by atoms with Crippen molar-refractivity contribution in [1.29, 1.82) is 0 Å². The molecule has 3 amide bonds. The first-order valence-corrected chi connectivity index (χ1v) is 12.9. The standard InChI is InChI=1S/C30H36N4O2/c1-2-3-20-34(30(31)36)27-17-11-10-16-26(27)29(35)32-25-18-21-33(22-19-25)28(23-12-6-4-7-13-23)24-14-8-5-9-15-24/h4-17,25,28H,2-3,18-22H2,1H3,(H2,31,36)(H,32,35). The van der Waals surface area contributed by atoms with Crippen LogP contribution in [0.3, 0.4) is 0 Å². The molecule has 1 heterocycles. The number of benzene rings is 3. The fourth-order valence-electron chi connectivity index (χ4n) is 5.02. The summed E-state index contributed by atoms with van der Waals surface area (Å²) in [6, 6.07) is 28.1. The number of urea groups is 1. The molecule has 1 aliphatic rings. The fourth-order valence-corrected chi connectivity index (χ4v) is 5.02. The van der Waals surface area contributed by atoms with E-state index in [0.29, 0.717) is 17.8 Å². The van der Waals surface area contributed by atoms with Crippen LogP contribution in [0, 0.1) is 0 Å². The molecule has 0 radical (unpaired) electrons. The molecule has 0 aliphatic carbocycles. The maximum atomic E-state index is 13.3. The molecule has 1 fully saturated rings. The summed E-state index contributed by atoms with van der Waals surface area (Å²) in [6.07, 6.45) is 3.48. The number of para-hydroxylation sites is 1. The van der Waals surface area contributed by atoms with E-state index >= 15 is 0 Å². The predicted octanol–water partition coefficient (Wildman–Crippen LogP) is 5.36. The lowest BCUT2D eigenvalue weighted by molar-refractivity contribution is 0.0901. The minimum atomic E-state index is -0.537. The monoisotopic (exact) mass is 484 g/mol. The zero-order valence-corrected chi connectivity index (χ0v) is 21.0. The van der Waals surface area contributed by atoms with Gasteiger partial charge in [0.1, 0.15) is 0 Å². The third kappa shape index (κ3) is 6.13. The van der Waals surface area contributed by atoms with E-state index in [-0.39, 0.29) is 18.0 Å². The number of anilines is 1. The SMILES string of the molecule is CCCCN(C(N)=O)c1ccccc1C(=O)NC1CCN(C(c2ccccc2)c2ccccc2)CC1. The van der Waals surface area contributed by atoms with E-state index in [4.69, 9.17) is 5.73 Å². The van der Waals surface area contributed by atoms with Crippen LogP contribution >= 0.6 is 0 Å². The quantitative estimate of drug-likeness (QED) is 0.429. The molecule has 36 heavy (non-hydrogen) atoms. The summed E-state index contributed by atoms with van der Waals surface area (Å²) in [4.78, 5) is 29.4. The van der Waals surface area contributed by atoms with Gasteiger partial charge in [-0.05, 0) is 42.5 Å². The fraction of sp³-hybridized carbons (Fsp3) is 0.333. The van der Waals surface area contributed by atoms with Crippen molar-refractivity contribution < 1.29 is 9.59 Å². The average Bonchev–Trinajstić information content (AvgIpc) is 2.91. The summed E-state index contributed by atoms with van der Waals surface area (Å²) in [5.74, 6) is -0.158. The van der Waals surface area contributed by atoms with Gasteiger partial charge in [-0.1, -0.05) is 86.1 Å². The van der Waals surface area contributed by atoms with Crippen LogP contribution in [0.1, 0.15) is 60.1 Å². The van der Waals surface area contributed by atoms with Crippen molar-refractivity contribution in [1.82, 2.24) is 10.2 Å². The summed E-state index contributed by atoms with van der Waals surface area (Å²) in [5.41, 5.74) is 9.26. The first-order valence-electron chi connectivity index (χ1n) is 12.9. The number of amides is 3. The van der Waals surface area contributed by atoms with Crippen molar-refractivity contribution in [2.75, 3.05) is 24.5 Å². The van der Waals surface area contributed by atoms with Crippen molar-refractivity contribution in [3.8, 4) is 0 Å². The van der Waals surface area contributed by atoms with Gasteiger partial charge in [0.2, 0.25) is 0 Å². The number of rotatable bonds is 9. The van der Waals surface area contributed by atoms with Crippen LogP contribution in [0.5, 0.6) is 0 Å². The summed E-state index contributed by atoms with van der Waals surface area (Å²) in [5, 5.41) is 3.22. The summed E-state index contributed by atoms with van der Waals surface area (Å²) >= 11 is 0. The van der Waals surface area contributed by atoms with E-state index in [9.17, 15) is 9.59 Å².